The van der Waals surface area contributed by atoms with Gasteiger partial charge in [-0.15, -0.1) is 0 Å². The van der Waals surface area contributed by atoms with Gasteiger partial charge >= 0.3 is 0 Å². The van der Waals surface area contributed by atoms with Crippen molar-refractivity contribution >= 4 is 107 Å². The predicted molar refractivity (Wildman–Crippen MR) is 292 cm³/mol. The van der Waals surface area contributed by atoms with Crippen molar-refractivity contribution in [3.8, 4) is 22.5 Å². The number of furan rings is 1. The van der Waals surface area contributed by atoms with Gasteiger partial charge in [0.05, 0.1) is 22.2 Å². The fourth-order valence-electron chi connectivity index (χ4n) is 11.8. The second-order valence-electron chi connectivity index (χ2n) is 20.9. The van der Waals surface area contributed by atoms with Crippen molar-refractivity contribution in [2.45, 2.75) is 59.3 Å². The third-order valence-corrected chi connectivity index (χ3v) is 14.9. The van der Waals surface area contributed by atoms with Crippen LogP contribution in [-0.4, -0.2) is 15.8 Å². The second-order valence-corrected chi connectivity index (χ2v) is 20.9. The third-order valence-electron chi connectivity index (χ3n) is 14.9. The number of para-hydroxylation sites is 4. The van der Waals surface area contributed by atoms with E-state index in [4.69, 9.17) is 4.42 Å². The Balaban J connectivity index is 1.20. The maximum absolute atomic E-state index is 6.67. The van der Waals surface area contributed by atoms with Crippen molar-refractivity contribution in [3.05, 3.63) is 193 Å². The lowest BCUT2D eigenvalue weighted by molar-refractivity contribution is 0.590. The molecule has 3 aromatic heterocycles. The maximum Gasteiger partial charge on any atom is 0.252 e. The fraction of sp³-hybridized carbons (Fsp3) is 0.143. The molecule has 11 aromatic rings. The van der Waals surface area contributed by atoms with Crippen LogP contribution in [-0.2, 0) is 10.8 Å². The van der Waals surface area contributed by atoms with Gasteiger partial charge in [-0.1, -0.05) is 157 Å². The Morgan fingerprint density at radius 1 is 0.574 bits per heavy atom. The number of fused-ring (bicyclic) bond motifs is 12. The molecule has 328 valence electrons. The molecule has 68 heavy (non-hydrogen) atoms. The maximum atomic E-state index is 6.67. The second kappa shape index (κ2) is 14.4. The van der Waals surface area contributed by atoms with Gasteiger partial charge in [0.1, 0.15) is 11.2 Å². The zero-order valence-corrected chi connectivity index (χ0v) is 39.8. The largest absolute Gasteiger partial charge is 0.455 e. The Labute approximate surface area is 398 Å². The van der Waals surface area contributed by atoms with Crippen molar-refractivity contribution in [1.29, 1.82) is 0 Å². The SMILES string of the molecule is C=Cc1c(/C=C\C)c2cc3c(cc2n1-c1ccccc1)N(c1ccccc1)c1cc(C(C)(C)C)c2c4cc(-c5cccc6c5oc5ccccc56)ccc4n4c2c1B3c1ccc(C(C)(C)C)cc1-4. The van der Waals surface area contributed by atoms with E-state index < -0.39 is 0 Å². The molecule has 5 heterocycles. The summed E-state index contributed by atoms with van der Waals surface area (Å²) >= 11 is 0. The summed E-state index contributed by atoms with van der Waals surface area (Å²) in [7, 11) is 0. The highest BCUT2D eigenvalue weighted by Crippen LogP contribution is 2.49. The number of aromatic nitrogens is 2. The van der Waals surface area contributed by atoms with Crippen molar-refractivity contribution in [3.63, 3.8) is 0 Å². The first-order valence-electron chi connectivity index (χ1n) is 24.0. The van der Waals surface area contributed by atoms with E-state index in [9.17, 15) is 0 Å². The van der Waals surface area contributed by atoms with E-state index >= 15 is 0 Å². The van der Waals surface area contributed by atoms with Crippen LogP contribution in [0.5, 0.6) is 0 Å². The molecular formula is C63H52BN3O. The average Bonchev–Trinajstić information content (AvgIpc) is 4.00. The number of rotatable bonds is 5. The predicted octanol–water partition coefficient (Wildman–Crippen LogP) is 15.2. The van der Waals surface area contributed by atoms with E-state index in [-0.39, 0.29) is 17.5 Å². The van der Waals surface area contributed by atoms with Gasteiger partial charge in [0, 0.05) is 66.5 Å². The van der Waals surface area contributed by atoms with Crippen LogP contribution in [0.3, 0.4) is 0 Å². The lowest BCUT2D eigenvalue weighted by Gasteiger charge is -2.41. The molecule has 8 aromatic carbocycles. The lowest BCUT2D eigenvalue weighted by Crippen LogP contribution is -2.60. The van der Waals surface area contributed by atoms with Gasteiger partial charge in [-0.05, 0) is 118 Å². The van der Waals surface area contributed by atoms with E-state index in [2.05, 4.69) is 239 Å². The van der Waals surface area contributed by atoms with Crippen LogP contribution >= 0.6 is 0 Å². The van der Waals surface area contributed by atoms with Crippen LogP contribution in [0.2, 0.25) is 0 Å². The highest BCUT2D eigenvalue weighted by molar-refractivity contribution is 7.00. The molecule has 0 saturated carbocycles. The van der Waals surface area contributed by atoms with Gasteiger partial charge in [-0.2, -0.15) is 0 Å². The fourth-order valence-corrected chi connectivity index (χ4v) is 11.8. The Morgan fingerprint density at radius 3 is 2.04 bits per heavy atom. The van der Waals surface area contributed by atoms with Crippen LogP contribution in [0.1, 0.15) is 70.9 Å². The van der Waals surface area contributed by atoms with Gasteiger partial charge in [0.2, 0.25) is 0 Å². The van der Waals surface area contributed by atoms with Crippen LogP contribution < -0.4 is 21.3 Å². The number of hydrogen-bond donors (Lipinski definition) is 0. The first-order valence-corrected chi connectivity index (χ1v) is 24.0. The van der Waals surface area contributed by atoms with E-state index in [1.165, 1.54) is 77.3 Å². The molecule has 0 amide bonds. The highest BCUT2D eigenvalue weighted by Gasteiger charge is 2.44. The third kappa shape index (κ3) is 5.62. The summed E-state index contributed by atoms with van der Waals surface area (Å²) in [6, 6.07) is 58.7. The minimum atomic E-state index is -0.208. The molecule has 0 radical (unpaired) electrons. The average molecular weight is 878 g/mol. The molecule has 4 nitrogen and oxygen atoms in total. The van der Waals surface area contributed by atoms with Crippen molar-refractivity contribution in [2.24, 2.45) is 0 Å². The molecule has 0 saturated heterocycles. The van der Waals surface area contributed by atoms with Crippen LogP contribution in [0.15, 0.2) is 175 Å². The molecule has 0 spiro atoms. The molecule has 0 unspecified atom stereocenters. The molecule has 13 rings (SSSR count). The Morgan fingerprint density at radius 2 is 1.31 bits per heavy atom. The molecule has 0 bridgehead atoms. The van der Waals surface area contributed by atoms with E-state index in [0.29, 0.717) is 0 Å². The summed E-state index contributed by atoms with van der Waals surface area (Å²) in [5.74, 6) is 0. The monoisotopic (exact) mass is 877 g/mol. The van der Waals surface area contributed by atoms with Gasteiger partial charge in [-0.25, -0.2) is 0 Å². The van der Waals surface area contributed by atoms with Crippen molar-refractivity contribution in [2.75, 3.05) is 4.90 Å². The van der Waals surface area contributed by atoms with Gasteiger partial charge < -0.3 is 18.5 Å². The molecule has 0 N–H and O–H groups in total. The summed E-state index contributed by atoms with van der Waals surface area (Å²) in [6.45, 7) is 20.6. The number of anilines is 3. The molecular weight excluding hydrogens is 826 g/mol. The smallest absolute Gasteiger partial charge is 0.252 e. The van der Waals surface area contributed by atoms with Crippen LogP contribution in [0, 0.1) is 0 Å². The number of benzene rings is 8. The van der Waals surface area contributed by atoms with Gasteiger partial charge in [0.25, 0.3) is 6.71 Å². The zero-order chi connectivity index (χ0) is 46.4. The summed E-state index contributed by atoms with van der Waals surface area (Å²) in [5, 5.41) is 6.06. The van der Waals surface area contributed by atoms with Gasteiger partial charge in [-0.3, -0.25) is 0 Å². The lowest BCUT2D eigenvalue weighted by atomic mass is 9.33. The molecule has 2 aliphatic rings. The summed E-state index contributed by atoms with van der Waals surface area (Å²) in [5.41, 5.74) is 22.2. The first kappa shape index (κ1) is 40.5. The van der Waals surface area contributed by atoms with Crippen LogP contribution in [0.4, 0.5) is 17.1 Å². The van der Waals surface area contributed by atoms with Gasteiger partial charge in [0.15, 0.2) is 0 Å². The highest BCUT2D eigenvalue weighted by atomic mass is 16.3. The standard InChI is InChI=1S/C63H52BN3O/c1-9-20-43-46-35-50-55(37-53(46)65(51(43)10-2)40-21-13-11-14-22-40)66(41-23-15-12-16-24-41)56-36-48(63(6,7)8)58-47-33-38(42-26-19-27-45-44-25-17-18-28-57(44)68-61(42)45)29-32-52(47)67-54-34-39(62(3,4)5)30-31-49(54)64(50)59(56)60(58)67/h9-37H,2H2,1,3-8H3/b20-9-. The summed E-state index contributed by atoms with van der Waals surface area (Å²) < 4.78 is 11.7. The van der Waals surface area contributed by atoms with Crippen LogP contribution in [0.25, 0.3) is 89.3 Å². The zero-order valence-electron chi connectivity index (χ0n) is 39.8. The molecule has 2 aliphatic heterocycles. The van der Waals surface area contributed by atoms with Crippen molar-refractivity contribution < 1.29 is 4.42 Å². The van der Waals surface area contributed by atoms with E-state index in [0.717, 1.165) is 55.7 Å². The van der Waals surface area contributed by atoms with E-state index in [1.54, 1.807) is 0 Å². The first-order chi connectivity index (χ1) is 32.9. The minimum Gasteiger partial charge on any atom is -0.455 e. The number of nitrogens with zero attached hydrogens (tertiary/aromatic N) is 3. The minimum absolute atomic E-state index is 0.0452. The normalized spacial score (nSPS) is 13.5. The molecule has 0 atom stereocenters. The number of hydrogen-bond acceptors (Lipinski definition) is 2. The van der Waals surface area contributed by atoms with Crippen molar-refractivity contribution in [1.82, 2.24) is 9.13 Å². The summed E-state index contributed by atoms with van der Waals surface area (Å²) in [6.07, 6.45) is 6.44. The summed E-state index contributed by atoms with van der Waals surface area (Å²) in [4.78, 5) is 2.56. The Hall–Kier alpha value is -7.76. The topological polar surface area (TPSA) is 26.2 Å². The molecule has 5 heteroatoms. The molecule has 0 aliphatic carbocycles. The molecule has 0 fully saturated rings. The quantitative estimate of drug-likeness (QED) is 0.161. The Kier molecular flexibility index (Phi) is 8.56. The number of allylic oxidation sites excluding steroid dienone is 1. The van der Waals surface area contributed by atoms with E-state index in [1.807, 2.05) is 6.08 Å². The Bertz CT molecular complexity index is 3960.